The fourth-order valence-electron chi connectivity index (χ4n) is 2.20. The van der Waals surface area contributed by atoms with E-state index in [1.807, 2.05) is 13.8 Å². The van der Waals surface area contributed by atoms with E-state index in [2.05, 4.69) is 10.6 Å². The Kier molecular flexibility index (Phi) is 6.37. The highest BCUT2D eigenvalue weighted by Crippen LogP contribution is 2.20. The first kappa shape index (κ1) is 18.0. The predicted octanol–water partition coefficient (Wildman–Crippen LogP) is 1.98. The molecule has 0 heterocycles. The molecule has 6 heteroatoms. The maximum Gasteiger partial charge on any atom is 0.335 e. The van der Waals surface area contributed by atoms with Crippen LogP contribution in [0.2, 0.25) is 0 Å². The van der Waals surface area contributed by atoms with E-state index < -0.39 is 12.1 Å². The number of benzene rings is 1. The summed E-state index contributed by atoms with van der Waals surface area (Å²) in [5.41, 5.74) is 0.853. The van der Waals surface area contributed by atoms with Gasteiger partial charge in [0.1, 0.15) is 0 Å². The number of hydrogen-bond acceptors (Lipinski definition) is 3. The molecule has 1 unspecified atom stereocenters. The molecular formula is C16H24N2O4. The summed E-state index contributed by atoms with van der Waals surface area (Å²) in [6.07, 6.45) is 0.192. The van der Waals surface area contributed by atoms with Gasteiger partial charge < -0.3 is 20.8 Å². The molecule has 1 aromatic rings. The molecule has 0 aromatic heterocycles. The van der Waals surface area contributed by atoms with Crippen LogP contribution in [0.3, 0.4) is 0 Å². The second-order valence-corrected chi connectivity index (χ2v) is 6.26. The van der Waals surface area contributed by atoms with Crippen LogP contribution in [-0.4, -0.2) is 34.9 Å². The lowest BCUT2D eigenvalue weighted by Crippen LogP contribution is -2.41. The van der Waals surface area contributed by atoms with Crippen LogP contribution in [0, 0.1) is 5.41 Å². The zero-order chi connectivity index (χ0) is 16.8. The number of rotatable bonds is 7. The predicted molar refractivity (Wildman–Crippen MR) is 83.7 cm³/mol. The normalized spacial score (nSPS) is 12.5. The summed E-state index contributed by atoms with van der Waals surface area (Å²) >= 11 is 0. The number of aliphatic hydroxyl groups is 1. The Balaban J connectivity index is 2.38. The molecule has 6 nitrogen and oxygen atoms in total. The number of amides is 2. The van der Waals surface area contributed by atoms with E-state index in [1.165, 1.54) is 12.1 Å². The lowest BCUT2D eigenvalue weighted by atomic mass is 9.87. The average molecular weight is 308 g/mol. The highest BCUT2D eigenvalue weighted by molar-refractivity contribution is 5.87. The van der Waals surface area contributed by atoms with Crippen LogP contribution in [0.15, 0.2) is 24.3 Å². The third-order valence-corrected chi connectivity index (χ3v) is 3.23. The summed E-state index contributed by atoms with van der Waals surface area (Å²) in [6.45, 7) is 6.46. The Hall–Kier alpha value is -2.08. The molecule has 4 N–H and O–H groups in total. The van der Waals surface area contributed by atoms with Crippen molar-refractivity contribution in [3.63, 3.8) is 0 Å². The monoisotopic (exact) mass is 308 g/mol. The molecule has 122 valence electrons. The van der Waals surface area contributed by atoms with Gasteiger partial charge in [0.25, 0.3) is 0 Å². The van der Waals surface area contributed by atoms with Crippen LogP contribution in [0.25, 0.3) is 0 Å². The highest BCUT2D eigenvalue weighted by atomic mass is 16.4. The topological polar surface area (TPSA) is 98.7 Å². The van der Waals surface area contributed by atoms with Gasteiger partial charge in [-0.1, -0.05) is 26.0 Å². The van der Waals surface area contributed by atoms with Gasteiger partial charge in [-0.25, -0.2) is 9.59 Å². The second-order valence-electron chi connectivity index (χ2n) is 6.26. The van der Waals surface area contributed by atoms with Gasteiger partial charge in [0.15, 0.2) is 0 Å². The zero-order valence-corrected chi connectivity index (χ0v) is 13.2. The molecule has 0 bridgehead atoms. The standard InChI is InChI=1S/C16H24N2O4/c1-11(19)8-16(2,3)10-18-15(22)17-9-12-4-6-13(7-5-12)14(20)21/h4-7,11,19H,8-10H2,1-3H3,(H,20,21)(H2,17,18,22). The molecule has 0 spiro atoms. The summed E-state index contributed by atoms with van der Waals surface area (Å²) in [7, 11) is 0. The summed E-state index contributed by atoms with van der Waals surface area (Å²) in [4.78, 5) is 22.5. The van der Waals surface area contributed by atoms with Crippen molar-refractivity contribution in [1.82, 2.24) is 10.6 Å². The molecule has 0 aliphatic heterocycles. The van der Waals surface area contributed by atoms with E-state index in [9.17, 15) is 14.7 Å². The van der Waals surface area contributed by atoms with E-state index in [0.717, 1.165) is 5.56 Å². The summed E-state index contributed by atoms with van der Waals surface area (Å²) < 4.78 is 0. The fraction of sp³-hybridized carbons (Fsp3) is 0.500. The van der Waals surface area contributed by atoms with Crippen molar-refractivity contribution >= 4 is 12.0 Å². The summed E-state index contributed by atoms with van der Waals surface area (Å²) in [5.74, 6) is -0.974. The van der Waals surface area contributed by atoms with Gasteiger partial charge in [-0.15, -0.1) is 0 Å². The molecule has 22 heavy (non-hydrogen) atoms. The molecule has 0 saturated carbocycles. The third-order valence-electron chi connectivity index (χ3n) is 3.23. The van der Waals surface area contributed by atoms with E-state index in [1.54, 1.807) is 19.1 Å². The number of nitrogens with one attached hydrogen (secondary N) is 2. The molecule has 0 aliphatic rings. The van der Waals surface area contributed by atoms with Gasteiger partial charge in [-0.3, -0.25) is 0 Å². The number of aliphatic hydroxyl groups excluding tert-OH is 1. The summed E-state index contributed by atoms with van der Waals surface area (Å²) in [5, 5.41) is 23.7. The molecule has 1 aromatic carbocycles. The minimum Gasteiger partial charge on any atom is -0.478 e. The quantitative estimate of drug-likeness (QED) is 0.619. The van der Waals surface area contributed by atoms with E-state index in [-0.39, 0.29) is 17.0 Å². The maximum absolute atomic E-state index is 11.7. The van der Waals surface area contributed by atoms with Gasteiger partial charge in [0, 0.05) is 13.1 Å². The first-order valence-corrected chi connectivity index (χ1v) is 7.21. The van der Waals surface area contributed by atoms with Crippen LogP contribution in [0.1, 0.15) is 43.1 Å². The molecule has 1 rings (SSSR count). The van der Waals surface area contributed by atoms with Crippen LogP contribution >= 0.6 is 0 Å². The van der Waals surface area contributed by atoms with Gasteiger partial charge in [-0.2, -0.15) is 0 Å². The molecular weight excluding hydrogens is 284 g/mol. The van der Waals surface area contributed by atoms with Crippen LogP contribution in [0.5, 0.6) is 0 Å². The molecule has 0 saturated heterocycles. The third kappa shape index (κ3) is 6.58. The van der Waals surface area contributed by atoms with Crippen LogP contribution in [0.4, 0.5) is 4.79 Å². The number of carbonyl (C=O) groups excluding carboxylic acids is 1. The van der Waals surface area contributed by atoms with Gasteiger partial charge in [0.2, 0.25) is 0 Å². The first-order chi connectivity index (χ1) is 10.2. The van der Waals surface area contributed by atoms with Crippen molar-refractivity contribution in [2.24, 2.45) is 5.41 Å². The van der Waals surface area contributed by atoms with Crippen molar-refractivity contribution in [3.05, 3.63) is 35.4 Å². The lowest BCUT2D eigenvalue weighted by Gasteiger charge is -2.26. The van der Waals surface area contributed by atoms with Gasteiger partial charge in [-0.05, 0) is 36.5 Å². The Morgan fingerprint density at radius 2 is 1.77 bits per heavy atom. The Morgan fingerprint density at radius 1 is 1.18 bits per heavy atom. The number of carboxylic acids is 1. The first-order valence-electron chi connectivity index (χ1n) is 7.21. The minimum atomic E-state index is -0.974. The largest absolute Gasteiger partial charge is 0.478 e. The molecule has 0 fully saturated rings. The van der Waals surface area contributed by atoms with Gasteiger partial charge >= 0.3 is 12.0 Å². The average Bonchev–Trinajstić information content (AvgIpc) is 2.42. The Morgan fingerprint density at radius 3 is 2.27 bits per heavy atom. The summed E-state index contributed by atoms with van der Waals surface area (Å²) in [6, 6.07) is 6.05. The smallest absolute Gasteiger partial charge is 0.335 e. The molecule has 0 radical (unpaired) electrons. The highest BCUT2D eigenvalue weighted by Gasteiger charge is 2.20. The number of aromatic carboxylic acids is 1. The Labute approximate surface area is 130 Å². The Bertz CT molecular complexity index is 509. The molecule has 1 atom stereocenters. The zero-order valence-electron chi connectivity index (χ0n) is 13.2. The van der Waals surface area contributed by atoms with Gasteiger partial charge in [0.05, 0.1) is 11.7 Å². The van der Waals surface area contributed by atoms with Crippen molar-refractivity contribution in [1.29, 1.82) is 0 Å². The maximum atomic E-state index is 11.7. The lowest BCUT2D eigenvalue weighted by molar-refractivity contribution is 0.0696. The number of hydrogen-bond donors (Lipinski definition) is 4. The molecule has 0 aliphatic carbocycles. The van der Waals surface area contributed by atoms with E-state index >= 15 is 0 Å². The van der Waals surface area contributed by atoms with E-state index in [4.69, 9.17) is 5.11 Å². The SMILES string of the molecule is CC(O)CC(C)(C)CNC(=O)NCc1ccc(C(=O)O)cc1. The van der Waals surface area contributed by atoms with Crippen LogP contribution in [-0.2, 0) is 6.54 Å². The van der Waals surface area contributed by atoms with Crippen molar-refractivity contribution in [2.75, 3.05) is 6.54 Å². The minimum absolute atomic E-state index is 0.186. The second kappa shape index (κ2) is 7.79. The number of carbonyl (C=O) groups is 2. The van der Waals surface area contributed by atoms with Crippen LogP contribution < -0.4 is 10.6 Å². The number of carboxylic acid groups (broad SMARTS) is 1. The van der Waals surface area contributed by atoms with E-state index in [0.29, 0.717) is 19.5 Å². The fourth-order valence-corrected chi connectivity index (χ4v) is 2.20. The van der Waals surface area contributed by atoms with Crippen molar-refractivity contribution in [3.8, 4) is 0 Å². The number of urea groups is 1. The van der Waals surface area contributed by atoms with Crippen molar-refractivity contribution < 1.29 is 19.8 Å². The van der Waals surface area contributed by atoms with Crippen molar-refractivity contribution in [2.45, 2.75) is 39.8 Å². The molecule has 2 amide bonds.